The number of thioether (sulfide) groups is 1. The SMILES string of the molecule is CCCCCCCCCCCC(=O)O.CN/C(=N/C#N)NCCSCc1nc[nH]c1C. The van der Waals surface area contributed by atoms with E-state index in [1.54, 1.807) is 31.3 Å². The largest absolute Gasteiger partial charge is 0.481 e. The Morgan fingerprint density at radius 2 is 1.87 bits per heavy atom. The number of aliphatic carboxylic acids is 1. The number of rotatable bonds is 15. The highest BCUT2D eigenvalue weighted by Crippen LogP contribution is 2.11. The molecule has 0 spiro atoms. The number of aromatic nitrogens is 2. The molecular weight excluding hydrogens is 412 g/mol. The fourth-order valence-electron chi connectivity index (χ4n) is 2.76. The Labute approximate surface area is 191 Å². The van der Waals surface area contributed by atoms with Gasteiger partial charge in [-0.2, -0.15) is 17.0 Å². The molecule has 8 nitrogen and oxygen atoms in total. The number of nitriles is 1. The number of aryl methyl sites for hydroxylation is 1. The summed E-state index contributed by atoms with van der Waals surface area (Å²) in [5.41, 5.74) is 2.21. The van der Waals surface area contributed by atoms with Crippen LogP contribution in [0.5, 0.6) is 0 Å². The van der Waals surface area contributed by atoms with E-state index in [1.807, 2.05) is 6.92 Å². The average Bonchev–Trinajstić information content (AvgIpc) is 3.16. The fraction of sp³-hybridized carbons (Fsp3) is 0.727. The summed E-state index contributed by atoms with van der Waals surface area (Å²) in [4.78, 5) is 21.1. The van der Waals surface area contributed by atoms with E-state index in [0.717, 1.165) is 42.3 Å². The molecule has 0 saturated heterocycles. The molecule has 1 rings (SSSR count). The molecule has 0 saturated carbocycles. The van der Waals surface area contributed by atoms with Crippen molar-refractivity contribution in [1.29, 1.82) is 5.26 Å². The van der Waals surface area contributed by atoms with Crippen molar-refractivity contribution in [3.05, 3.63) is 17.7 Å². The molecule has 0 bridgehead atoms. The summed E-state index contributed by atoms with van der Waals surface area (Å²) in [6.07, 6.45) is 14.9. The monoisotopic (exact) mass is 452 g/mol. The summed E-state index contributed by atoms with van der Waals surface area (Å²) >= 11 is 1.79. The minimum atomic E-state index is -0.659. The van der Waals surface area contributed by atoms with Crippen molar-refractivity contribution in [1.82, 2.24) is 20.6 Å². The Morgan fingerprint density at radius 1 is 1.23 bits per heavy atom. The molecule has 0 aromatic carbocycles. The minimum absolute atomic E-state index is 0.343. The summed E-state index contributed by atoms with van der Waals surface area (Å²) in [6, 6.07) is 0. The van der Waals surface area contributed by atoms with Crippen molar-refractivity contribution in [2.45, 2.75) is 83.8 Å². The molecule has 0 fully saturated rings. The van der Waals surface area contributed by atoms with E-state index >= 15 is 0 Å². The summed E-state index contributed by atoms with van der Waals surface area (Å²) < 4.78 is 0. The van der Waals surface area contributed by atoms with Gasteiger partial charge in [-0.15, -0.1) is 4.99 Å². The van der Waals surface area contributed by atoms with Gasteiger partial charge in [0.15, 0.2) is 0 Å². The molecular formula is C22H40N6O2S. The molecule has 31 heavy (non-hydrogen) atoms. The topological polar surface area (TPSA) is 126 Å². The zero-order chi connectivity index (χ0) is 23.2. The number of nitrogens with zero attached hydrogens (tertiary/aromatic N) is 3. The van der Waals surface area contributed by atoms with Gasteiger partial charge >= 0.3 is 5.97 Å². The number of hydrogen-bond donors (Lipinski definition) is 4. The van der Waals surface area contributed by atoms with Gasteiger partial charge in [0.25, 0.3) is 0 Å². The van der Waals surface area contributed by atoms with E-state index in [9.17, 15) is 4.79 Å². The number of nitrogens with one attached hydrogen (secondary N) is 3. The molecule has 1 heterocycles. The van der Waals surface area contributed by atoms with Crippen LogP contribution < -0.4 is 10.6 Å². The van der Waals surface area contributed by atoms with E-state index in [1.165, 1.54) is 44.9 Å². The summed E-state index contributed by atoms with van der Waals surface area (Å²) in [5, 5.41) is 22.6. The molecule has 0 amide bonds. The van der Waals surface area contributed by atoms with Crippen molar-refractivity contribution in [2.24, 2.45) is 4.99 Å². The number of carbonyl (C=O) groups is 1. The Kier molecular flexibility index (Phi) is 19.5. The number of carboxylic acids is 1. The molecule has 176 valence electrons. The molecule has 0 aliphatic rings. The number of aliphatic imine (C=N–C) groups is 1. The van der Waals surface area contributed by atoms with Gasteiger partial charge < -0.3 is 20.7 Å². The predicted molar refractivity (Wildman–Crippen MR) is 129 cm³/mol. The summed E-state index contributed by atoms with van der Waals surface area (Å²) in [5.74, 6) is 1.66. The second kappa shape index (κ2) is 21.0. The number of aromatic amines is 1. The highest BCUT2D eigenvalue weighted by molar-refractivity contribution is 7.98. The molecule has 0 aliphatic heterocycles. The zero-order valence-electron chi connectivity index (χ0n) is 19.4. The number of H-pyrrole nitrogens is 1. The van der Waals surface area contributed by atoms with Crippen LogP contribution in [0.25, 0.3) is 0 Å². The number of imidazole rings is 1. The first-order valence-corrected chi connectivity index (χ1v) is 12.4. The third-order valence-corrected chi connectivity index (χ3v) is 5.58. The normalized spacial score (nSPS) is 10.7. The van der Waals surface area contributed by atoms with Gasteiger partial charge in [-0.05, 0) is 13.3 Å². The minimum Gasteiger partial charge on any atom is -0.481 e. The van der Waals surface area contributed by atoms with Crippen molar-refractivity contribution in [2.75, 3.05) is 19.3 Å². The van der Waals surface area contributed by atoms with Gasteiger partial charge in [0, 0.05) is 37.2 Å². The van der Waals surface area contributed by atoms with Crippen molar-refractivity contribution in [3.63, 3.8) is 0 Å². The van der Waals surface area contributed by atoms with Crippen molar-refractivity contribution in [3.8, 4) is 6.19 Å². The first-order chi connectivity index (χ1) is 15.0. The first-order valence-electron chi connectivity index (χ1n) is 11.2. The van der Waals surface area contributed by atoms with Crippen molar-refractivity contribution < 1.29 is 9.90 Å². The highest BCUT2D eigenvalue weighted by atomic mass is 32.2. The summed E-state index contributed by atoms with van der Waals surface area (Å²) in [7, 11) is 1.73. The quantitative estimate of drug-likeness (QED) is 0.133. The lowest BCUT2D eigenvalue weighted by Crippen LogP contribution is -2.35. The van der Waals surface area contributed by atoms with Crippen LogP contribution in [-0.4, -0.2) is 46.3 Å². The molecule has 0 atom stereocenters. The lowest BCUT2D eigenvalue weighted by molar-refractivity contribution is -0.137. The van der Waals surface area contributed by atoms with E-state index in [4.69, 9.17) is 10.4 Å². The third-order valence-electron chi connectivity index (χ3n) is 4.60. The van der Waals surface area contributed by atoms with Gasteiger partial charge in [0.2, 0.25) is 12.2 Å². The number of hydrogen-bond acceptors (Lipinski definition) is 5. The van der Waals surface area contributed by atoms with Crippen LogP contribution in [0.2, 0.25) is 0 Å². The first kappa shape index (κ1) is 28.8. The van der Waals surface area contributed by atoms with E-state index in [0.29, 0.717) is 12.4 Å². The summed E-state index contributed by atoms with van der Waals surface area (Å²) in [6.45, 7) is 5.00. The standard InChI is InChI=1S/C12H24O2.C10H16N6S/c1-2-3-4-5-6-7-8-9-10-11-12(13)14;1-8-9(16-7-15-8)5-17-4-3-13-10(12-2)14-6-11/h2-11H2,1H3,(H,13,14);7H,3-5H2,1-2H3,(H,15,16)(H2,12,13,14). The lowest BCUT2D eigenvalue weighted by atomic mass is 10.1. The molecule has 1 aromatic heterocycles. The Balaban J connectivity index is 0.000000594. The van der Waals surface area contributed by atoms with Gasteiger partial charge in [-0.1, -0.05) is 58.3 Å². The van der Waals surface area contributed by atoms with Crippen LogP contribution in [0.4, 0.5) is 0 Å². The van der Waals surface area contributed by atoms with Crippen molar-refractivity contribution >= 4 is 23.7 Å². The Hall–Kier alpha value is -2.21. The number of unbranched alkanes of at least 4 members (excludes halogenated alkanes) is 8. The van der Waals surface area contributed by atoms with Crippen LogP contribution >= 0.6 is 11.8 Å². The second-order valence-electron chi connectivity index (χ2n) is 7.24. The van der Waals surface area contributed by atoms with Gasteiger partial charge in [0.1, 0.15) is 0 Å². The highest BCUT2D eigenvalue weighted by Gasteiger charge is 2.01. The van der Waals surface area contributed by atoms with Crippen LogP contribution in [0.1, 0.15) is 82.5 Å². The average molecular weight is 453 g/mol. The Morgan fingerprint density at radius 3 is 2.39 bits per heavy atom. The predicted octanol–water partition coefficient (Wildman–Crippen LogP) is 4.59. The second-order valence-corrected chi connectivity index (χ2v) is 8.34. The molecule has 9 heteroatoms. The third kappa shape index (κ3) is 18.3. The lowest BCUT2D eigenvalue weighted by Gasteiger charge is -2.06. The molecule has 0 aliphatic carbocycles. The van der Waals surface area contributed by atoms with Crippen LogP contribution in [0.3, 0.4) is 0 Å². The number of guanidine groups is 1. The van der Waals surface area contributed by atoms with E-state index < -0.39 is 5.97 Å². The van der Waals surface area contributed by atoms with E-state index in [2.05, 4.69) is 32.5 Å². The smallest absolute Gasteiger partial charge is 0.303 e. The van der Waals surface area contributed by atoms with Gasteiger partial charge in [-0.3, -0.25) is 4.79 Å². The van der Waals surface area contributed by atoms with E-state index in [-0.39, 0.29) is 0 Å². The van der Waals surface area contributed by atoms with Crippen LogP contribution in [0, 0.1) is 18.4 Å². The zero-order valence-corrected chi connectivity index (χ0v) is 20.2. The van der Waals surface area contributed by atoms with Gasteiger partial charge in [0.05, 0.1) is 12.0 Å². The fourth-order valence-corrected chi connectivity index (χ4v) is 3.64. The van der Waals surface area contributed by atoms with Crippen LogP contribution in [0.15, 0.2) is 11.3 Å². The van der Waals surface area contributed by atoms with Gasteiger partial charge in [-0.25, -0.2) is 4.98 Å². The molecule has 4 N–H and O–H groups in total. The Bertz CT molecular complexity index is 642. The molecule has 0 unspecified atom stereocenters. The number of carboxylic acid groups (broad SMARTS) is 1. The molecule has 1 aromatic rings. The maximum absolute atomic E-state index is 10.2. The maximum atomic E-state index is 10.2. The molecule has 0 radical (unpaired) electrons. The van der Waals surface area contributed by atoms with Crippen LogP contribution in [-0.2, 0) is 10.5 Å². The maximum Gasteiger partial charge on any atom is 0.303 e.